The number of carboxylic acids is 1. The van der Waals surface area contributed by atoms with E-state index in [1.54, 1.807) is 36.4 Å². The fourth-order valence-electron chi connectivity index (χ4n) is 2.99. The minimum absolute atomic E-state index is 0.0502. The zero-order valence-corrected chi connectivity index (χ0v) is 17.1. The number of aliphatic carboxylic acids is 1. The van der Waals surface area contributed by atoms with E-state index < -0.39 is 11.9 Å². The Kier molecular flexibility index (Phi) is 7.41. The molecule has 0 radical (unpaired) electrons. The highest BCUT2D eigenvalue weighted by molar-refractivity contribution is 6.10. The molecule has 0 unspecified atom stereocenters. The summed E-state index contributed by atoms with van der Waals surface area (Å²) in [6.07, 6.45) is 1.58. The van der Waals surface area contributed by atoms with Crippen LogP contribution in [0.15, 0.2) is 66.9 Å². The van der Waals surface area contributed by atoms with Gasteiger partial charge in [-0.2, -0.15) is 5.26 Å². The number of carbonyl (C=O) groups excluding carboxylic acids is 1. The number of aromatic nitrogens is 1. The number of nitriles is 1. The zero-order valence-electron chi connectivity index (χ0n) is 17.1. The van der Waals surface area contributed by atoms with Crippen molar-refractivity contribution in [1.82, 2.24) is 15.6 Å². The molecular formula is C24H21N5O3. The number of amidine groups is 1. The molecule has 1 aromatic heterocycles. The van der Waals surface area contributed by atoms with E-state index in [1.165, 1.54) is 6.20 Å². The quantitative estimate of drug-likeness (QED) is 0.248. The fourth-order valence-corrected chi connectivity index (χ4v) is 2.99. The average molecular weight is 427 g/mol. The molecular weight excluding hydrogens is 406 g/mol. The number of nitrogens with one attached hydrogen (secondary N) is 3. The third-order valence-electron chi connectivity index (χ3n) is 4.68. The first-order valence-electron chi connectivity index (χ1n) is 9.85. The van der Waals surface area contributed by atoms with Crippen LogP contribution in [0.4, 0.5) is 0 Å². The van der Waals surface area contributed by atoms with Crippen LogP contribution in [0.25, 0.3) is 11.1 Å². The van der Waals surface area contributed by atoms with E-state index in [4.69, 9.17) is 10.5 Å². The molecule has 0 aliphatic rings. The van der Waals surface area contributed by atoms with Gasteiger partial charge in [-0.1, -0.05) is 48.5 Å². The van der Waals surface area contributed by atoms with Gasteiger partial charge >= 0.3 is 5.97 Å². The number of carboxylic acid groups (broad SMARTS) is 1. The summed E-state index contributed by atoms with van der Waals surface area (Å²) in [4.78, 5) is 27.2. The second kappa shape index (κ2) is 10.6. The van der Waals surface area contributed by atoms with Crippen LogP contribution in [0.3, 0.4) is 0 Å². The number of rotatable bonds is 8. The second-order valence-corrected chi connectivity index (χ2v) is 6.94. The van der Waals surface area contributed by atoms with Crippen LogP contribution in [-0.2, 0) is 11.3 Å². The van der Waals surface area contributed by atoms with Crippen molar-refractivity contribution >= 4 is 17.7 Å². The van der Waals surface area contributed by atoms with E-state index >= 15 is 0 Å². The van der Waals surface area contributed by atoms with Gasteiger partial charge < -0.3 is 15.7 Å². The molecule has 4 N–H and O–H groups in total. The molecule has 0 fully saturated rings. The van der Waals surface area contributed by atoms with E-state index in [-0.39, 0.29) is 18.0 Å². The van der Waals surface area contributed by atoms with Crippen LogP contribution in [0, 0.1) is 16.7 Å². The van der Waals surface area contributed by atoms with Gasteiger partial charge in [0.05, 0.1) is 18.1 Å². The molecule has 0 bridgehead atoms. The summed E-state index contributed by atoms with van der Waals surface area (Å²) in [5.74, 6) is -1.41. The third-order valence-corrected chi connectivity index (χ3v) is 4.68. The van der Waals surface area contributed by atoms with Crippen LogP contribution in [0.2, 0.25) is 0 Å². The average Bonchev–Trinajstić information content (AvgIpc) is 2.82. The molecule has 8 heteroatoms. The van der Waals surface area contributed by atoms with Crippen LogP contribution in [-0.4, -0.2) is 34.3 Å². The van der Waals surface area contributed by atoms with Gasteiger partial charge in [0.2, 0.25) is 0 Å². The zero-order chi connectivity index (χ0) is 22.9. The van der Waals surface area contributed by atoms with Gasteiger partial charge in [-0.25, -0.2) is 0 Å². The first-order valence-corrected chi connectivity index (χ1v) is 9.85. The molecule has 0 spiro atoms. The molecule has 8 nitrogen and oxygen atoms in total. The molecule has 0 aliphatic heterocycles. The number of nitrogens with zero attached hydrogens (tertiary/aromatic N) is 2. The Morgan fingerprint density at radius 2 is 1.81 bits per heavy atom. The fraction of sp³-hybridized carbons (Fsp3) is 0.125. The second-order valence-electron chi connectivity index (χ2n) is 6.94. The van der Waals surface area contributed by atoms with E-state index in [1.807, 2.05) is 24.3 Å². The van der Waals surface area contributed by atoms with Gasteiger partial charge in [0.15, 0.2) is 0 Å². The van der Waals surface area contributed by atoms with Crippen molar-refractivity contribution in [3.05, 3.63) is 89.2 Å². The van der Waals surface area contributed by atoms with Gasteiger partial charge in [0.1, 0.15) is 11.5 Å². The molecule has 3 rings (SSSR count). The van der Waals surface area contributed by atoms with Gasteiger partial charge in [-0.05, 0) is 17.7 Å². The molecule has 0 atom stereocenters. The van der Waals surface area contributed by atoms with Gasteiger partial charge in [-0.15, -0.1) is 0 Å². The Hall–Kier alpha value is -4.35. The lowest BCUT2D eigenvalue weighted by atomic mass is 10.0. The minimum Gasteiger partial charge on any atom is -0.481 e. The van der Waals surface area contributed by atoms with Gasteiger partial charge in [-0.3, -0.25) is 20.0 Å². The standard InChI is InChI=1S/C24H21N5O3/c25-13-18-3-1-2-4-20(18)19-9-10-21(28-15-19)24(32)29-23(26)17-7-5-16(6-8-17)14-27-12-11-22(30)31/h1-10,15,27H,11-12,14H2,(H,30,31)(H2,26,29,32). The minimum atomic E-state index is -0.854. The Labute approximate surface area is 185 Å². The highest BCUT2D eigenvalue weighted by atomic mass is 16.4. The highest BCUT2D eigenvalue weighted by Gasteiger charge is 2.12. The third kappa shape index (κ3) is 5.84. The van der Waals surface area contributed by atoms with Crippen molar-refractivity contribution in [1.29, 1.82) is 10.7 Å². The molecule has 0 saturated carbocycles. The summed E-state index contributed by atoms with van der Waals surface area (Å²) in [6.45, 7) is 0.884. The number of carbonyl (C=O) groups is 2. The van der Waals surface area contributed by atoms with Crippen molar-refractivity contribution in [2.45, 2.75) is 13.0 Å². The smallest absolute Gasteiger partial charge is 0.304 e. The predicted molar refractivity (Wildman–Crippen MR) is 119 cm³/mol. The Morgan fingerprint density at radius 1 is 1.06 bits per heavy atom. The summed E-state index contributed by atoms with van der Waals surface area (Å²) < 4.78 is 0. The molecule has 1 amide bonds. The summed E-state index contributed by atoms with van der Waals surface area (Å²) in [7, 11) is 0. The Morgan fingerprint density at radius 3 is 2.47 bits per heavy atom. The van der Waals surface area contributed by atoms with E-state index in [0.29, 0.717) is 24.2 Å². The highest BCUT2D eigenvalue weighted by Crippen LogP contribution is 2.22. The lowest BCUT2D eigenvalue weighted by molar-refractivity contribution is -0.136. The van der Waals surface area contributed by atoms with Crippen LogP contribution >= 0.6 is 0 Å². The van der Waals surface area contributed by atoms with Crippen LogP contribution < -0.4 is 10.6 Å². The molecule has 2 aromatic carbocycles. The molecule has 0 aliphatic carbocycles. The number of hydrogen-bond donors (Lipinski definition) is 4. The van der Waals surface area contributed by atoms with Crippen LogP contribution in [0.1, 0.15) is 33.6 Å². The molecule has 3 aromatic rings. The van der Waals surface area contributed by atoms with Crippen molar-refractivity contribution in [3.63, 3.8) is 0 Å². The topological polar surface area (TPSA) is 139 Å². The van der Waals surface area contributed by atoms with E-state index in [0.717, 1.165) is 16.7 Å². The Bertz CT molecular complexity index is 1170. The lowest BCUT2D eigenvalue weighted by Gasteiger charge is -2.09. The summed E-state index contributed by atoms with van der Waals surface area (Å²) in [5, 5.41) is 31.6. The van der Waals surface area contributed by atoms with Crippen molar-refractivity contribution < 1.29 is 14.7 Å². The van der Waals surface area contributed by atoms with Crippen molar-refractivity contribution in [2.24, 2.45) is 0 Å². The normalized spacial score (nSPS) is 10.2. The molecule has 32 heavy (non-hydrogen) atoms. The SMILES string of the molecule is N#Cc1ccccc1-c1ccc(C(=O)NC(=N)c2ccc(CNCCC(=O)O)cc2)nc1. The van der Waals surface area contributed by atoms with E-state index in [9.17, 15) is 14.9 Å². The maximum atomic E-state index is 12.5. The molecule has 1 heterocycles. The molecule has 0 saturated heterocycles. The maximum absolute atomic E-state index is 12.5. The number of benzene rings is 2. The molecule has 160 valence electrons. The largest absolute Gasteiger partial charge is 0.481 e. The van der Waals surface area contributed by atoms with Gasteiger partial charge in [0, 0.05) is 36.0 Å². The summed E-state index contributed by atoms with van der Waals surface area (Å²) in [5.41, 5.74) is 3.61. The summed E-state index contributed by atoms with van der Waals surface area (Å²) in [6, 6.07) is 19.6. The number of amides is 1. The van der Waals surface area contributed by atoms with Crippen molar-refractivity contribution in [3.8, 4) is 17.2 Å². The first kappa shape index (κ1) is 22.3. The maximum Gasteiger partial charge on any atom is 0.304 e. The van der Waals surface area contributed by atoms with Crippen molar-refractivity contribution in [2.75, 3.05) is 6.54 Å². The van der Waals surface area contributed by atoms with E-state index in [2.05, 4.69) is 21.7 Å². The lowest BCUT2D eigenvalue weighted by Crippen LogP contribution is -2.31. The number of hydrogen-bond acceptors (Lipinski definition) is 6. The Balaban J connectivity index is 1.59. The van der Waals surface area contributed by atoms with Crippen LogP contribution in [0.5, 0.6) is 0 Å². The number of pyridine rings is 1. The summed E-state index contributed by atoms with van der Waals surface area (Å²) >= 11 is 0. The monoisotopic (exact) mass is 427 g/mol. The van der Waals surface area contributed by atoms with Gasteiger partial charge in [0.25, 0.3) is 5.91 Å². The predicted octanol–water partition coefficient (Wildman–Crippen LogP) is 2.94. The first-order chi connectivity index (χ1) is 15.5.